The predicted octanol–water partition coefficient (Wildman–Crippen LogP) is 1.38. The number of hydrogen-bond donors (Lipinski definition) is 1. The Balaban J connectivity index is 2.32. The van der Waals surface area contributed by atoms with Gasteiger partial charge in [0, 0.05) is 13.1 Å². The van der Waals surface area contributed by atoms with Crippen LogP contribution in [0.5, 0.6) is 0 Å². The number of hydrogen-bond acceptors (Lipinski definition) is 7. The number of nitrogens with two attached hydrogens (primary N) is 1. The molecule has 0 amide bonds. The first-order valence-electron chi connectivity index (χ1n) is 4.33. The minimum atomic E-state index is 0.325. The first-order chi connectivity index (χ1) is 7.70. The highest BCUT2D eigenvalue weighted by atomic mass is 32.2. The topological polar surface area (TPSA) is 102 Å². The number of aryl methyl sites for hydroxylation is 1. The summed E-state index contributed by atoms with van der Waals surface area (Å²) in [5, 5.41) is 17.1. The molecule has 2 aromatic rings. The van der Waals surface area contributed by atoms with E-state index in [9.17, 15) is 0 Å². The van der Waals surface area contributed by atoms with Gasteiger partial charge in [-0.05, 0) is 17.8 Å². The number of pyridine rings is 1. The van der Waals surface area contributed by atoms with Crippen LogP contribution >= 0.6 is 11.8 Å². The molecular weight excluding hydrogens is 226 g/mol. The van der Waals surface area contributed by atoms with Crippen molar-refractivity contribution in [3.8, 4) is 6.07 Å². The molecule has 0 saturated heterocycles. The lowest BCUT2D eigenvalue weighted by Crippen LogP contribution is -1.95. The number of rotatable bonds is 2. The molecule has 2 heterocycles. The molecular formula is C9H7N5OS. The maximum atomic E-state index is 8.79. The fraction of sp³-hybridized carbons (Fsp3) is 0.111. The van der Waals surface area contributed by atoms with Crippen molar-refractivity contribution in [3.05, 3.63) is 23.7 Å². The van der Waals surface area contributed by atoms with Crippen LogP contribution in [0, 0.1) is 18.3 Å². The lowest BCUT2D eigenvalue weighted by molar-refractivity contribution is 0.429. The van der Waals surface area contributed by atoms with Gasteiger partial charge in [-0.25, -0.2) is 4.98 Å². The zero-order chi connectivity index (χ0) is 11.5. The van der Waals surface area contributed by atoms with Gasteiger partial charge in [-0.3, -0.25) is 0 Å². The fourth-order valence-corrected chi connectivity index (χ4v) is 1.78. The van der Waals surface area contributed by atoms with Gasteiger partial charge in [0.1, 0.15) is 11.1 Å². The Labute approximate surface area is 95.5 Å². The molecule has 0 atom stereocenters. The van der Waals surface area contributed by atoms with Crippen LogP contribution < -0.4 is 5.73 Å². The summed E-state index contributed by atoms with van der Waals surface area (Å²) >= 11 is 1.14. The van der Waals surface area contributed by atoms with Gasteiger partial charge >= 0.3 is 0 Å². The lowest BCUT2D eigenvalue weighted by Gasteiger charge is -2.01. The minimum absolute atomic E-state index is 0.325. The highest BCUT2D eigenvalue weighted by Crippen LogP contribution is 2.30. The van der Waals surface area contributed by atoms with Gasteiger partial charge < -0.3 is 10.2 Å². The van der Waals surface area contributed by atoms with E-state index in [4.69, 9.17) is 15.4 Å². The zero-order valence-electron chi connectivity index (χ0n) is 8.34. The minimum Gasteiger partial charge on any atom is -0.416 e. The fourth-order valence-electron chi connectivity index (χ4n) is 1.04. The molecule has 0 aliphatic rings. The van der Waals surface area contributed by atoms with Gasteiger partial charge in [0.25, 0.3) is 5.22 Å². The standard InChI is InChI=1S/C9H7N5OS/c1-5-13-14-9(15-5)16-8-7(11)6(4-10)2-3-12-8/h2-3H,11H2,1H3. The summed E-state index contributed by atoms with van der Waals surface area (Å²) < 4.78 is 5.18. The van der Waals surface area contributed by atoms with E-state index in [0.717, 1.165) is 11.8 Å². The third kappa shape index (κ3) is 1.97. The highest BCUT2D eigenvalue weighted by Gasteiger charge is 2.11. The molecule has 0 radical (unpaired) electrons. The molecule has 0 aromatic carbocycles. The summed E-state index contributed by atoms with van der Waals surface area (Å²) in [5.41, 5.74) is 6.46. The molecule has 2 N–H and O–H groups in total. The van der Waals surface area contributed by atoms with Crippen molar-refractivity contribution in [3.63, 3.8) is 0 Å². The molecule has 2 rings (SSSR count). The van der Waals surface area contributed by atoms with Crippen LogP contribution in [0.4, 0.5) is 5.69 Å². The molecule has 0 fully saturated rings. The summed E-state index contributed by atoms with van der Waals surface area (Å²) in [6.45, 7) is 1.69. The number of nitrogens with zero attached hydrogens (tertiary/aromatic N) is 4. The Hall–Kier alpha value is -2.07. The largest absolute Gasteiger partial charge is 0.416 e. The van der Waals surface area contributed by atoms with Gasteiger partial charge in [-0.15, -0.1) is 10.2 Å². The van der Waals surface area contributed by atoms with Gasteiger partial charge in [0.05, 0.1) is 11.3 Å². The van der Waals surface area contributed by atoms with Crippen molar-refractivity contribution in [2.24, 2.45) is 0 Å². The molecule has 0 saturated carbocycles. The van der Waals surface area contributed by atoms with E-state index in [0.29, 0.717) is 27.4 Å². The smallest absolute Gasteiger partial charge is 0.283 e. The molecule has 2 aromatic heterocycles. The molecule has 6 nitrogen and oxygen atoms in total. The van der Waals surface area contributed by atoms with Crippen LogP contribution in [0.1, 0.15) is 11.5 Å². The van der Waals surface area contributed by atoms with E-state index in [1.54, 1.807) is 13.0 Å². The monoisotopic (exact) mass is 233 g/mol. The molecule has 0 unspecified atom stereocenters. The van der Waals surface area contributed by atoms with Gasteiger partial charge in [0.2, 0.25) is 5.89 Å². The SMILES string of the molecule is Cc1nnc(Sc2nccc(C#N)c2N)o1. The van der Waals surface area contributed by atoms with Gasteiger partial charge in [-0.2, -0.15) is 5.26 Å². The second-order valence-corrected chi connectivity index (χ2v) is 3.82. The van der Waals surface area contributed by atoms with Crippen LogP contribution in [0.3, 0.4) is 0 Å². The van der Waals surface area contributed by atoms with Crippen molar-refractivity contribution in [2.75, 3.05) is 5.73 Å². The maximum absolute atomic E-state index is 8.79. The summed E-state index contributed by atoms with van der Waals surface area (Å²) in [7, 11) is 0. The Morgan fingerprint density at radius 3 is 2.94 bits per heavy atom. The normalized spacial score (nSPS) is 10.0. The molecule has 7 heteroatoms. The van der Waals surface area contributed by atoms with E-state index >= 15 is 0 Å². The van der Waals surface area contributed by atoms with E-state index in [1.807, 2.05) is 6.07 Å². The van der Waals surface area contributed by atoms with E-state index in [-0.39, 0.29) is 0 Å². The predicted molar refractivity (Wildman–Crippen MR) is 56.5 cm³/mol. The van der Waals surface area contributed by atoms with E-state index in [2.05, 4.69) is 15.2 Å². The second kappa shape index (κ2) is 4.20. The Morgan fingerprint density at radius 1 is 1.50 bits per heavy atom. The van der Waals surface area contributed by atoms with Gasteiger partial charge in [0.15, 0.2) is 0 Å². The molecule has 0 bridgehead atoms. The average Bonchev–Trinajstić information content (AvgIpc) is 2.67. The van der Waals surface area contributed by atoms with Gasteiger partial charge in [-0.1, -0.05) is 0 Å². The maximum Gasteiger partial charge on any atom is 0.283 e. The summed E-state index contributed by atoms with van der Waals surface area (Å²) in [6.07, 6.45) is 1.51. The zero-order valence-corrected chi connectivity index (χ0v) is 9.15. The third-order valence-corrected chi connectivity index (χ3v) is 2.62. The van der Waals surface area contributed by atoms with Crippen molar-refractivity contribution in [1.82, 2.24) is 15.2 Å². The molecule has 0 spiro atoms. The summed E-state index contributed by atoms with van der Waals surface area (Å²) in [5.74, 6) is 0.470. The summed E-state index contributed by atoms with van der Waals surface area (Å²) in [6, 6.07) is 3.54. The van der Waals surface area contributed by atoms with Crippen molar-refractivity contribution >= 4 is 17.4 Å². The van der Waals surface area contributed by atoms with Crippen molar-refractivity contribution in [2.45, 2.75) is 17.2 Å². The Kier molecular flexibility index (Phi) is 2.74. The molecule has 80 valence electrons. The van der Waals surface area contributed by atoms with Crippen LogP contribution in [0.25, 0.3) is 0 Å². The Morgan fingerprint density at radius 2 is 2.31 bits per heavy atom. The van der Waals surface area contributed by atoms with Crippen LogP contribution in [0.15, 0.2) is 26.9 Å². The van der Waals surface area contributed by atoms with Crippen LogP contribution in [-0.2, 0) is 0 Å². The second-order valence-electron chi connectivity index (χ2n) is 2.88. The first-order valence-corrected chi connectivity index (χ1v) is 5.15. The number of nitriles is 1. The van der Waals surface area contributed by atoms with E-state index < -0.39 is 0 Å². The third-order valence-electron chi connectivity index (χ3n) is 1.77. The molecule has 0 aliphatic carbocycles. The number of nitrogen functional groups attached to an aromatic ring is 1. The lowest BCUT2D eigenvalue weighted by atomic mass is 10.2. The van der Waals surface area contributed by atoms with Crippen LogP contribution in [-0.4, -0.2) is 15.2 Å². The first kappa shape index (κ1) is 10.4. The van der Waals surface area contributed by atoms with E-state index in [1.165, 1.54) is 6.20 Å². The average molecular weight is 233 g/mol. The van der Waals surface area contributed by atoms with Crippen LogP contribution in [0.2, 0.25) is 0 Å². The quantitative estimate of drug-likeness (QED) is 0.835. The molecule has 0 aliphatic heterocycles. The number of anilines is 1. The number of aromatic nitrogens is 3. The highest BCUT2D eigenvalue weighted by molar-refractivity contribution is 7.99. The van der Waals surface area contributed by atoms with Crippen molar-refractivity contribution < 1.29 is 4.42 Å². The Bertz CT molecular complexity index is 559. The van der Waals surface area contributed by atoms with Crippen molar-refractivity contribution in [1.29, 1.82) is 5.26 Å². The summed E-state index contributed by atoms with van der Waals surface area (Å²) in [4.78, 5) is 4.05. The molecule has 16 heavy (non-hydrogen) atoms.